The van der Waals surface area contributed by atoms with Gasteiger partial charge in [-0.25, -0.2) is 4.39 Å². The van der Waals surface area contributed by atoms with Gasteiger partial charge in [0.05, 0.1) is 11.2 Å². The molecule has 0 aliphatic rings. The molecule has 0 saturated carbocycles. The van der Waals surface area contributed by atoms with E-state index in [1.54, 1.807) is 39.8 Å². The Labute approximate surface area is 142 Å². The number of benzene rings is 2. The zero-order chi connectivity index (χ0) is 18.5. The molecular weight excluding hydrogens is 310 g/mol. The van der Waals surface area contributed by atoms with Crippen LogP contribution in [0.1, 0.15) is 33.3 Å². The lowest BCUT2D eigenvalue weighted by atomic mass is 9.89. The number of aliphatic hydroxyl groups is 1. The SMILES string of the molecule is C#Cc1c(F)ccc2cccc(OC(C)(C)C(C)(C)O)c12.OBO. The maximum absolute atomic E-state index is 13.9. The van der Waals surface area contributed by atoms with E-state index in [2.05, 4.69) is 5.92 Å². The van der Waals surface area contributed by atoms with Gasteiger partial charge < -0.3 is 19.9 Å². The van der Waals surface area contributed by atoms with Gasteiger partial charge in [0.2, 0.25) is 0 Å². The van der Waals surface area contributed by atoms with Crippen molar-refractivity contribution in [3.05, 3.63) is 41.7 Å². The molecule has 0 amide bonds. The first-order chi connectivity index (χ1) is 11.1. The van der Waals surface area contributed by atoms with Crippen LogP contribution < -0.4 is 4.74 Å². The molecule has 0 bridgehead atoms. The average molecular weight is 332 g/mol. The molecule has 2 rings (SSSR count). The molecular formula is C18H22BFO4. The summed E-state index contributed by atoms with van der Waals surface area (Å²) in [6, 6.07) is 8.41. The molecule has 0 unspecified atom stereocenters. The van der Waals surface area contributed by atoms with E-state index < -0.39 is 24.7 Å². The third kappa shape index (κ3) is 4.27. The molecule has 0 aromatic heterocycles. The summed E-state index contributed by atoms with van der Waals surface area (Å²) < 4.78 is 19.9. The van der Waals surface area contributed by atoms with E-state index in [0.29, 0.717) is 11.1 Å². The third-order valence-corrected chi connectivity index (χ3v) is 3.94. The summed E-state index contributed by atoms with van der Waals surface area (Å²) in [6.45, 7) is 6.89. The predicted molar refractivity (Wildman–Crippen MR) is 94.4 cm³/mol. The van der Waals surface area contributed by atoms with E-state index in [1.165, 1.54) is 6.07 Å². The molecule has 0 atom stereocenters. The Bertz CT molecular complexity index is 745. The molecule has 0 fully saturated rings. The molecule has 4 nitrogen and oxygen atoms in total. The van der Waals surface area contributed by atoms with E-state index in [0.717, 1.165) is 5.39 Å². The van der Waals surface area contributed by atoms with Gasteiger partial charge in [0, 0.05) is 5.39 Å². The van der Waals surface area contributed by atoms with Gasteiger partial charge in [-0.15, -0.1) is 6.42 Å². The minimum Gasteiger partial charge on any atom is -0.484 e. The molecule has 0 aliphatic heterocycles. The number of hydrogen-bond acceptors (Lipinski definition) is 4. The summed E-state index contributed by atoms with van der Waals surface area (Å²) in [4.78, 5) is 0. The topological polar surface area (TPSA) is 69.9 Å². The van der Waals surface area contributed by atoms with Crippen LogP contribution in [0.2, 0.25) is 0 Å². The normalized spacial score (nSPS) is 11.3. The Balaban J connectivity index is 0.000000891. The lowest BCUT2D eigenvalue weighted by molar-refractivity contribution is -0.0900. The molecule has 2 aromatic rings. The first-order valence-corrected chi connectivity index (χ1v) is 7.40. The highest BCUT2D eigenvalue weighted by molar-refractivity contribution is 6.13. The molecule has 0 radical (unpaired) electrons. The fraction of sp³-hybridized carbons (Fsp3) is 0.333. The maximum atomic E-state index is 13.9. The minimum atomic E-state index is -1.07. The van der Waals surface area contributed by atoms with Gasteiger partial charge in [0.15, 0.2) is 0 Å². The van der Waals surface area contributed by atoms with Gasteiger partial charge in [-0.1, -0.05) is 24.1 Å². The van der Waals surface area contributed by atoms with Crippen LogP contribution in [0.15, 0.2) is 30.3 Å². The van der Waals surface area contributed by atoms with Crippen LogP contribution in [-0.2, 0) is 0 Å². The molecule has 128 valence electrons. The smallest absolute Gasteiger partial charge is 0.432 e. The summed E-state index contributed by atoms with van der Waals surface area (Å²) in [7, 11) is -0.750. The lowest BCUT2D eigenvalue weighted by Gasteiger charge is -2.37. The highest BCUT2D eigenvalue weighted by Crippen LogP contribution is 2.35. The van der Waals surface area contributed by atoms with Crippen LogP contribution in [-0.4, -0.2) is 34.0 Å². The fourth-order valence-electron chi connectivity index (χ4n) is 1.95. The highest BCUT2D eigenvalue weighted by Gasteiger charge is 2.37. The second-order valence-electron chi connectivity index (χ2n) is 6.23. The van der Waals surface area contributed by atoms with Crippen molar-refractivity contribution in [2.24, 2.45) is 0 Å². The molecule has 2 aromatic carbocycles. The average Bonchev–Trinajstić information content (AvgIpc) is 2.47. The maximum Gasteiger partial charge on any atom is 0.432 e. The summed E-state index contributed by atoms with van der Waals surface area (Å²) in [6.07, 6.45) is 5.44. The molecule has 3 N–H and O–H groups in total. The zero-order valence-electron chi connectivity index (χ0n) is 14.3. The Kier molecular flexibility index (Phi) is 6.39. The van der Waals surface area contributed by atoms with Crippen molar-refractivity contribution >= 4 is 18.5 Å². The van der Waals surface area contributed by atoms with Gasteiger partial charge >= 0.3 is 7.69 Å². The first kappa shape index (κ1) is 20.0. The van der Waals surface area contributed by atoms with Crippen LogP contribution in [0.4, 0.5) is 4.39 Å². The molecule has 6 heteroatoms. The molecule has 0 spiro atoms. The molecule has 0 aliphatic carbocycles. The van der Waals surface area contributed by atoms with Gasteiger partial charge in [-0.3, -0.25) is 0 Å². The van der Waals surface area contributed by atoms with Crippen LogP contribution in [0, 0.1) is 18.2 Å². The van der Waals surface area contributed by atoms with E-state index in [4.69, 9.17) is 21.2 Å². The number of halogens is 1. The lowest BCUT2D eigenvalue weighted by Crippen LogP contribution is -2.49. The number of fused-ring (bicyclic) bond motifs is 1. The van der Waals surface area contributed by atoms with Crippen LogP contribution in [0.5, 0.6) is 5.75 Å². The Hall–Kier alpha value is -2.07. The number of rotatable bonds is 3. The fourth-order valence-corrected chi connectivity index (χ4v) is 1.95. The van der Waals surface area contributed by atoms with E-state index in [-0.39, 0.29) is 5.56 Å². The third-order valence-electron chi connectivity index (χ3n) is 3.94. The van der Waals surface area contributed by atoms with Gasteiger partial charge in [0.25, 0.3) is 0 Å². The summed E-state index contributed by atoms with van der Waals surface area (Å²) in [5, 5.41) is 25.8. The van der Waals surface area contributed by atoms with E-state index >= 15 is 0 Å². The van der Waals surface area contributed by atoms with Crippen molar-refractivity contribution in [3.63, 3.8) is 0 Å². The van der Waals surface area contributed by atoms with Crippen molar-refractivity contribution in [1.82, 2.24) is 0 Å². The molecule has 0 heterocycles. The first-order valence-electron chi connectivity index (χ1n) is 7.40. The number of hydrogen-bond donors (Lipinski definition) is 3. The van der Waals surface area contributed by atoms with E-state index in [1.807, 2.05) is 12.1 Å². The van der Waals surface area contributed by atoms with Crippen LogP contribution >= 0.6 is 0 Å². The Morgan fingerprint density at radius 3 is 2.21 bits per heavy atom. The second-order valence-corrected chi connectivity index (χ2v) is 6.23. The Morgan fingerprint density at radius 2 is 1.71 bits per heavy atom. The standard InChI is InChI=1S/C18H19FO2.BH3O2/c1-6-13-14(19)11-10-12-8-7-9-15(16(12)13)21-18(4,5)17(2,3)20;2-1-3/h1,7-11,20H,2-5H3;1-3H. The largest absolute Gasteiger partial charge is 0.484 e. The quantitative estimate of drug-likeness (QED) is 0.595. The minimum absolute atomic E-state index is 0.176. The van der Waals surface area contributed by atoms with Crippen molar-refractivity contribution in [3.8, 4) is 18.1 Å². The van der Waals surface area contributed by atoms with Crippen molar-refractivity contribution < 1.29 is 24.3 Å². The predicted octanol–water partition coefficient (Wildman–Crippen LogP) is 2.13. The Morgan fingerprint density at radius 1 is 1.12 bits per heavy atom. The molecule has 24 heavy (non-hydrogen) atoms. The van der Waals surface area contributed by atoms with Crippen molar-refractivity contribution in [2.75, 3.05) is 0 Å². The summed E-state index contributed by atoms with van der Waals surface area (Å²) >= 11 is 0. The van der Waals surface area contributed by atoms with Gasteiger partial charge in [-0.05, 0) is 45.2 Å². The van der Waals surface area contributed by atoms with Crippen molar-refractivity contribution in [2.45, 2.75) is 38.9 Å². The number of ether oxygens (including phenoxy) is 1. The monoisotopic (exact) mass is 332 g/mol. The van der Waals surface area contributed by atoms with Gasteiger partial charge in [-0.2, -0.15) is 0 Å². The highest BCUT2D eigenvalue weighted by atomic mass is 19.1. The zero-order valence-corrected chi connectivity index (χ0v) is 14.3. The summed E-state index contributed by atoms with van der Waals surface area (Å²) in [5.41, 5.74) is -1.76. The number of terminal acetylenes is 1. The van der Waals surface area contributed by atoms with E-state index in [9.17, 15) is 9.50 Å². The van der Waals surface area contributed by atoms with Gasteiger partial charge in [0.1, 0.15) is 17.2 Å². The molecule has 0 saturated heterocycles. The van der Waals surface area contributed by atoms with Crippen LogP contribution in [0.25, 0.3) is 10.8 Å². The second kappa shape index (κ2) is 7.67. The summed E-state index contributed by atoms with van der Waals surface area (Å²) in [5.74, 6) is 2.39. The van der Waals surface area contributed by atoms with Crippen LogP contribution in [0.3, 0.4) is 0 Å². The van der Waals surface area contributed by atoms with Crippen molar-refractivity contribution in [1.29, 1.82) is 0 Å².